The molecule has 0 aliphatic carbocycles. The molecule has 2 aromatic rings. The van der Waals surface area contributed by atoms with Gasteiger partial charge in [0, 0.05) is 12.7 Å². The Kier molecular flexibility index (Phi) is 4.77. The van der Waals surface area contributed by atoms with Gasteiger partial charge in [0.15, 0.2) is 0 Å². The second-order valence-electron chi connectivity index (χ2n) is 4.58. The zero-order valence-corrected chi connectivity index (χ0v) is 12.0. The van der Waals surface area contributed by atoms with E-state index in [4.69, 9.17) is 4.74 Å². The number of nitrogens with zero attached hydrogens (tertiary/aromatic N) is 1. The van der Waals surface area contributed by atoms with E-state index in [9.17, 15) is 9.18 Å². The summed E-state index contributed by atoms with van der Waals surface area (Å²) in [5.41, 5.74) is 1.39. The van der Waals surface area contributed by atoms with E-state index in [1.807, 2.05) is 12.1 Å². The number of para-hydroxylation sites is 2. The van der Waals surface area contributed by atoms with Crippen LogP contribution in [0.25, 0.3) is 0 Å². The number of benzene rings is 2. The fourth-order valence-electron chi connectivity index (χ4n) is 1.94. The summed E-state index contributed by atoms with van der Waals surface area (Å²) < 4.78 is 18.1. The Hall–Kier alpha value is -2.56. The van der Waals surface area contributed by atoms with Crippen molar-refractivity contribution in [2.45, 2.75) is 0 Å². The van der Waals surface area contributed by atoms with E-state index < -0.39 is 0 Å². The molecule has 5 heteroatoms. The fourth-order valence-corrected chi connectivity index (χ4v) is 1.94. The Bertz CT molecular complexity index is 614. The molecule has 0 spiro atoms. The average molecular weight is 288 g/mol. The molecular formula is C16H17FN2O2. The van der Waals surface area contributed by atoms with E-state index in [2.05, 4.69) is 5.32 Å². The monoisotopic (exact) mass is 288 g/mol. The van der Waals surface area contributed by atoms with Gasteiger partial charge in [-0.25, -0.2) is 4.39 Å². The number of carbonyl (C=O) groups is 1. The highest BCUT2D eigenvalue weighted by atomic mass is 19.1. The van der Waals surface area contributed by atoms with Gasteiger partial charge in [0.2, 0.25) is 5.91 Å². The van der Waals surface area contributed by atoms with Crippen LogP contribution >= 0.6 is 0 Å². The van der Waals surface area contributed by atoms with Crippen molar-refractivity contribution < 1.29 is 13.9 Å². The number of ether oxygens (including phenoxy) is 1. The first-order chi connectivity index (χ1) is 10.1. The SMILES string of the molecule is COc1ccccc1NC(=O)CN(C)c1ccc(F)cc1. The molecule has 0 aliphatic heterocycles. The van der Waals surface area contributed by atoms with Crippen molar-refractivity contribution in [2.75, 3.05) is 30.9 Å². The van der Waals surface area contributed by atoms with Crippen LogP contribution < -0.4 is 15.0 Å². The van der Waals surface area contributed by atoms with Crippen molar-refractivity contribution in [3.63, 3.8) is 0 Å². The molecule has 2 rings (SSSR count). The zero-order valence-electron chi connectivity index (χ0n) is 12.0. The first kappa shape index (κ1) is 14.8. The van der Waals surface area contributed by atoms with Crippen LogP contribution in [0, 0.1) is 5.82 Å². The zero-order chi connectivity index (χ0) is 15.2. The van der Waals surface area contributed by atoms with Crippen LogP contribution in [-0.2, 0) is 4.79 Å². The van der Waals surface area contributed by atoms with Crippen LogP contribution in [0.4, 0.5) is 15.8 Å². The molecule has 110 valence electrons. The maximum Gasteiger partial charge on any atom is 0.243 e. The third-order valence-corrected chi connectivity index (χ3v) is 3.03. The lowest BCUT2D eigenvalue weighted by atomic mass is 10.2. The van der Waals surface area contributed by atoms with Crippen molar-refractivity contribution >= 4 is 17.3 Å². The molecular weight excluding hydrogens is 271 g/mol. The number of amides is 1. The normalized spacial score (nSPS) is 10.0. The Morgan fingerprint density at radius 3 is 2.52 bits per heavy atom. The smallest absolute Gasteiger partial charge is 0.243 e. The summed E-state index contributed by atoms with van der Waals surface area (Å²) in [6, 6.07) is 13.2. The van der Waals surface area contributed by atoms with Crippen molar-refractivity contribution in [2.24, 2.45) is 0 Å². The highest BCUT2D eigenvalue weighted by Crippen LogP contribution is 2.23. The fraction of sp³-hybridized carbons (Fsp3) is 0.188. The van der Waals surface area contributed by atoms with Gasteiger partial charge < -0.3 is 15.0 Å². The summed E-state index contributed by atoms with van der Waals surface area (Å²) in [5.74, 6) is 0.132. The van der Waals surface area contributed by atoms with Crippen LogP contribution in [0.3, 0.4) is 0 Å². The minimum Gasteiger partial charge on any atom is -0.495 e. The molecule has 0 aliphatic rings. The molecule has 0 saturated carbocycles. The topological polar surface area (TPSA) is 41.6 Å². The molecule has 0 aromatic heterocycles. The number of hydrogen-bond donors (Lipinski definition) is 1. The number of rotatable bonds is 5. The van der Waals surface area contributed by atoms with Crippen molar-refractivity contribution in [3.05, 3.63) is 54.3 Å². The minimum atomic E-state index is -0.300. The van der Waals surface area contributed by atoms with Crippen molar-refractivity contribution in [1.29, 1.82) is 0 Å². The van der Waals surface area contributed by atoms with Crippen LogP contribution in [0.1, 0.15) is 0 Å². The maximum absolute atomic E-state index is 12.9. The molecule has 2 aromatic carbocycles. The highest BCUT2D eigenvalue weighted by Gasteiger charge is 2.10. The first-order valence-electron chi connectivity index (χ1n) is 6.49. The van der Waals surface area contributed by atoms with Crippen LogP contribution in [0.5, 0.6) is 5.75 Å². The lowest BCUT2D eigenvalue weighted by molar-refractivity contribution is -0.114. The van der Waals surface area contributed by atoms with Gasteiger partial charge in [0.1, 0.15) is 11.6 Å². The molecule has 0 saturated heterocycles. The lowest BCUT2D eigenvalue weighted by Gasteiger charge is -2.19. The van der Waals surface area contributed by atoms with Crippen LogP contribution in [0.15, 0.2) is 48.5 Å². The van der Waals surface area contributed by atoms with E-state index in [0.717, 1.165) is 5.69 Å². The first-order valence-corrected chi connectivity index (χ1v) is 6.49. The summed E-state index contributed by atoms with van der Waals surface area (Å²) in [7, 11) is 3.32. The van der Waals surface area contributed by atoms with Gasteiger partial charge in [0.05, 0.1) is 19.3 Å². The largest absolute Gasteiger partial charge is 0.495 e. The van der Waals surface area contributed by atoms with Gasteiger partial charge in [-0.15, -0.1) is 0 Å². The van der Waals surface area contributed by atoms with Gasteiger partial charge in [-0.2, -0.15) is 0 Å². The molecule has 0 atom stereocenters. The van der Waals surface area contributed by atoms with Gasteiger partial charge in [-0.05, 0) is 36.4 Å². The summed E-state index contributed by atoms with van der Waals surface area (Å²) >= 11 is 0. The maximum atomic E-state index is 12.9. The molecule has 4 nitrogen and oxygen atoms in total. The Morgan fingerprint density at radius 1 is 1.19 bits per heavy atom. The number of likely N-dealkylation sites (N-methyl/N-ethyl adjacent to an activating group) is 1. The predicted octanol–water partition coefficient (Wildman–Crippen LogP) is 2.91. The second-order valence-corrected chi connectivity index (χ2v) is 4.58. The summed E-state index contributed by atoms with van der Waals surface area (Å²) in [5, 5.41) is 2.79. The van der Waals surface area contributed by atoms with Gasteiger partial charge in [0.25, 0.3) is 0 Å². The van der Waals surface area contributed by atoms with E-state index >= 15 is 0 Å². The van der Waals surface area contributed by atoms with Crippen molar-refractivity contribution in [1.82, 2.24) is 0 Å². The molecule has 1 N–H and O–H groups in total. The van der Waals surface area contributed by atoms with Crippen LogP contribution in [-0.4, -0.2) is 26.6 Å². The van der Waals surface area contributed by atoms with Crippen molar-refractivity contribution in [3.8, 4) is 5.75 Å². The number of carbonyl (C=O) groups excluding carboxylic acids is 1. The van der Waals surface area contributed by atoms with E-state index in [1.165, 1.54) is 12.1 Å². The lowest BCUT2D eigenvalue weighted by Crippen LogP contribution is -2.30. The Labute approximate surface area is 123 Å². The molecule has 21 heavy (non-hydrogen) atoms. The minimum absolute atomic E-state index is 0.156. The summed E-state index contributed by atoms with van der Waals surface area (Å²) in [6.07, 6.45) is 0. The summed E-state index contributed by atoms with van der Waals surface area (Å²) in [4.78, 5) is 13.8. The molecule has 0 bridgehead atoms. The number of anilines is 2. The quantitative estimate of drug-likeness (QED) is 0.919. The van der Waals surface area contributed by atoms with Crippen LogP contribution in [0.2, 0.25) is 0 Å². The number of hydrogen-bond acceptors (Lipinski definition) is 3. The van der Waals surface area contributed by atoms with E-state index in [0.29, 0.717) is 11.4 Å². The molecule has 0 radical (unpaired) electrons. The number of methoxy groups -OCH3 is 1. The third-order valence-electron chi connectivity index (χ3n) is 3.03. The van der Waals surface area contributed by atoms with E-state index in [-0.39, 0.29) is 18.3 Å². The van der Waals surface area contributed by atoms with Gasteiger partial charge in [-0.3, -0.25) is 4.79 Å². The van der Waals surface area contributed by atoms with Gasteiger partial charge >= 0.3 is 0 Å². The molecule has 1 amide bonds. The summed E-state index contributed by atoms with van der Waals surface area (Å²) in [6.45, 7) is 0.156. The number of halogens is 1. The molecule has 0 unspecified atom stereocenters. The third kappa shape index (κ3) is 3.95. The highest BCUT2D eigenvalue weighted by molar-refractivity contribution is 5.95. The number of nitrogens with one attached hydrogen (secondary N) is 1. The Balaban J connectivity index is 1.99. The van der Waals surface area contributed by atoms with Gasteiger partial charge in [-0.1, -0.05) is 12.1 Å². The second kappa shape index (κ2) is 6.74. The molecule has 0 heterocycles. The van der Waals surface area contributed by atoms with E-state index in [1.54, 1.807) is 43.3 Å². The standard InChI is InChI=1S/C16H17FN2O2/c1-19(13-9-7-12(17)8-10-13)11-16(20)18-14-5-3-4-6-15(14)21-2/h3-10H,11H2,1-2H3,(H,18,20). The predicted molar refractivity (Wildman–Crippen MR) is 81.3 cm³/mol. The average Bonchev–Trinajstić information content (AvgIpc) is 2.48. The molecule has 0 fully saturated rings. The Morgan fingerprint density at radius 2 is 1.86 bits per heavy atom.